The first-order chi connectivity index (χ1) is 8.67. The highest BCUT2D eigenvalue weighted by atomic mass is 32.2. The lowest BCUT2D eigenvalue weighted by atomic mass is 10.1. The summed E-state index contributed by atoms with van der Waals surface area (Å²) in [6.07, 6.45) is 0. The summed E-state index contributed by atoms with van der Waals surface area (Å²) in [7, 11) is 0. The molecule has 1 atom stereocenters. The number of thioether (sulfide) groups is 1. The molecule has 0 radical (unpaired) electrons. The summed E-state index contributed by atoms with van der Waals surface area (Å²) in [6.45, 7) is 5.09. The average molecular weight is 282 g/mol. The fraction of sp³-hybridized carbons (Fsp3) is 0.462. The number of thiazole rings is 1. The molecule has 1 heterocycles. The highest BCUT2D eigenvalue weighted by molar-refractivity contribution is 8.01. The number of aliphatic hydroxyl groups excluding tert-OH is 1. The molecule has 2 rings (SSSR count). The first-order valence-corrected chi connectivity index (χ1v) is 7.81. The summed E-state index contributed by atoms with van der Waals surface area (Å²) < 4.78 is 2.28. The Balaban J connectivity index is 2.05. The van der Waals surface area contributed by atoms with Gasteiger partial charge in [-0.2, -0.15) is 0 Å². The van der Waals surface area contributed by atoms with Crippen molar-refractivity contribution in [1.82, 2.24) is 10.3 Å². The monoisotopic (exact) mass is 282 g/mol. The number of likely N-dealkylation sites (N-methyl/N-ethyl adjacent to an activating group) is 1. The first-order valence-electron chi connectivity index (χ1n) is 6.01. The summed E-state index contributed by atoms with van der Waals surface area (Å²) in [6, 6.07) is 8.16. The van der Waals surface area contributed by atoms with Crippen molar-refractivity contribution in [2.75, 3.05) is 18.9 Å². The molecule has 0 aliphatic heterocycles. The van der Waals surface area contributed by atoms with Gasteiger partial charge in [-0.25, -0.2) is 4.98 Å². The number of rotatable bonds is 6. The van der Waals surface area contributed by atoms with Crippen LogP contribution in [0.5, 0.6) is 0 Å². The van der Waals surface area contributed by atoms with E-state index < -0.39 is 0 Å². The molecule has 5 heteroatoms. The van der Waals surface area contributed by atoms with Crippen LogP contribution in [0.25, 0.3) is 10.2 Å². The molecule has 1 aromatic carbocycles. The van der Waals surface area contributed by atoms with Gasteiger partial charge in [-0.15, -0.1) is 11.3 Å². The minimum atomic E-state index is -0.239. The third kappa shape index (κ3) is 3.23. The van der Waals surface area contributed by atoms with Gasteiger partial charge in [0.2, 0.25) is 0 Å². The van der Waals surface area contributed by atoms with Crippen molar-refractivity contribution in [3.8, 4) is 0 Å². The Hall–Kier alpha value is -0.620. The molecular weight excluding hydrogens is 264 g/mol. The molecule has 18 heavy (non-hydrogen) atoms. The van der Waals surface area contributed by atoms with E-state index >= 15 is 0 Å². The molecule has 0 saturated heterocycles. The van der Waals surface area contributed by atoms with Gasteiger partial charge in [-0.3, -0.25) is 0 Å². The predicted octanol–water partition coefficient (Wildman–Crippen LogP) is 2.75. The second kappa shape index (κ2) is 6.02. The maximum Gasteiger partial charge on any atom is 0.151 e. The van der Waals surface area contributed by atoms with Crippen molar-refractivity contribution in [1.29, 1.82) is 0 Å². The summed E-state index contributed by atoms with van der Waals surface area (Å²) >= 11 is 3.41. The summed E-state index contributed by atoms with van der Waals surface area (Å²) in [5, 5.41) is 12.8. The summed E-state index contributed by atoms with van der Waals surface area (Å²) in [5.41, 5.74) is 0.816. The SMILES string of the molecule is CCNC(C)(CO)CSc1nc2ccccc2s1. The molecule has 0 saturated carbocycles. The van der Waals surface area contributed by atoms with E-state index in [2.05, 4.69) is 23.3 Å². The van der Waals surface area contributed by atoms with Crippen LogP contribution in [0.1, 0.15) is 13.8 Å². The van der Waals surface area contributed by atoms with Crippen molar-refractivity contribution in [2.45, 2.75) is 23.7 Å². The Morgan fingerprint density at radius 3 is 2.89 bits per heavy atom. The van der Waals surface area contributed by atoms with Crippen LogP contribution in [0.15, 0.2) is 28.6 Å². The fourth-order valence-electron chi connectivity index (χ4n) is 1.71. The Labute approximate surface area is 116 Å². The van der Waals surface area contributed by atoms with Crippen LogP contribution >= 0.6 is 23.1 Å². The molecule has 98 valence electrons. The van der Waals surface area contributed by atoms with Gasteiger partial charge in [0.15, 0.2) is 4.34 Å². The number of hydrogen-bond donors (Lipinski definition) is 2. The number of nitrogens with zero attached hydrogens (tertiary/aromatic N) is 1. The fourth-order valence-corrected chi connectivity index (χ4v) is 3.89. The molecule has 0 spiro atoms. The van der Waals surface area contributed by atoms with E-state index in [1.807, 2.05) is 25.1 Å². The quantitative estimate of drug-likeness (QED) is 0.800. The van der Waals surface area contributed by atoms with Crippen LogP contribution in [-0.4, -0.2) is 34.5 Å². The van der Waals surface area contributed by atoms with Crippen LogP contribution in [0, 0.1) is 0 Å². The van der Waals surface area contributed by atoms with Gasteiger partial charge in [0, 0.05) is 11.3 Å². The number of nitrogens with one attached hydrogen (secondary N) is 1. The van der Waals surface area contributed by atoms with Gasteiger partial charge >= 0.3 is 0 Å². The maximum absolute atomic E-state index is 9.44. The zero-order valence-electron chi connectivity index (χ0n) is 10.6. The zero-order valence-corrected chi connectivity index (χ0v) is 12.3. The Bertz CT molecular complexity index is 481. The molecule has 0 aliphatic rings. The molecule has 0 bridgehead atoms. The number of aromatic nitrogens is 1. The predicted molar refractivity (Wildman–Crippen MR) is 79.5 cm³/mol. The number of aliphatic hydroxyl groups is 1. The van der Waals surface area contributed by atoms with E-state index in [9.17, 15) is 5.11 Å². The molecule has 2 aromatic rings. The largest absolute Gasteiger partial charge is 0.394 e. The smallest absolute Gasteiger partial charge is 0.151 e. The zero-order chi connectivity index (χ0) is 13.0. The Morgan fingerprint density at radius 1 is 1.44 bits per heavy atom. The number of benzene rings is 1. The Morgan fingerprint density at radius 2 is 2.22 bits per heavy atom. The van der Waals surface area contributed by atoms with Crippen LogP contribution in [0.3, 0.4) is 0 Å². The summed E-state index contributed by atoms with van der Waals surface area (Å²) in [5.74, 6) is 0.817. The summed E-state index contributed by atoms with van der Waals surface area (Å²) in [4.78, 5) is 4.58. The third-order valence-corrected chi connectivity index (χ3v) is 5.30. The van der Waals surface area contributed by atoms with E-state index in [1.165, 1.54) is 4.70 Å². The van der Waals surface area contributed by atoms with Crippen LogP contribution in [0.4, 0.5) is 0 Å². The lowest BCUT2D eigenvalue weighted by molar-refractivity contribution is 0.194. The number of hydrogen-bond acceptors (Lipinski definition) is 5. The molecule has 1 aromatic heterocycles. The lowest BCUT2D eigenvalue weighted by Gasteiger charge is -2.27. The van der Waals surface area contributed by atoms with Crippen molar-refractivity contribution >= 4 is 33.3 Å². The van der Waals surface area contributed by atoms with E-state index in [-0.39, 0.29) is 12.1 Å². The third-order valence-electron chi connectivity index (χ3n) is 2.74. The molecule has 0 fully saturated rings. The van der Waals surface area contributed by atoms with Gasteiger partial charge in [0.1, 0.15) is 0 Å². The van der Waals surface area contributed by atoms with Gasteiger partial charge < -0.3 is 10.4 Å². The molecule has 0 amide bonds. The van der Waals surface area contributed by atoms with Gasteiger partial charge in [0.05, 0.1) is 16.8 Å². The van der Waals surface area contributed by atoms with Crippen LogP contribution < -0.4 is 5.32 Å². The highest BCUT2D eigenvalue weighted by Gasteiger charge is 2.22. The highest BCUT2D eigenvalue weighted by Crippen LogP contribution is 2.30. The van der Waals surface area contributed by atoms with Gasteiger partial charge in [-0.1, -0.05) is 30.8 Å². The maximum atomic E-state index is 9.44. The van der Waals surface area contributed by atoms with Crippen LogP contribution in [0.2, 0.25) is 0 Å². The number of para-hydroxylation sites is 1. The molecule has 3 nitrogen and oxygen atoms in total. The molecule has 0 aliphatic carbocycles. The molecular formula is C13H18N2OS2. The van der Waals surface area contributed by atoms with Gasteiger partial charge in [0.25, 0.3) is 0 Å². The first kappa shape index (κ1) is 13.8. The minimum absolute atomic E-state index is 0.138. The second-order valence-electron chi connectivity index (χ2n) is 4.49. The van der Waals surface area contributed by atoms with Gasteiger partial charge in [-0.05, 0) is 25.6 Å². The van der Waals surface area contributed by atoms with Crippen molar-refractivity contribution in [3.63, 3.8) is 0 Å². The average Bonchev–Trinajstić information content (AvgIpc) is 2.79. The molecule has 2 N–H and O–H groups in total. The van der Waals surface area contributed by atoms with E-state index in [1.54, 1.807) is 23.1 Å². The van der Waals surface area contributed by atoms with Crippen molar-refractivity contribution < 1.29 is 5.11 Å². The van der Waals surface area contributed by atoms with E-state index in [0.29, 0.717) is 0 Å². The van der Waals surface area contributed by atoms with Crippen molar-refractivity contribution in [2.24, 2.45) is 0 Å². The van der Waals surface area contributed by atoms with E-state index in [0.717, 1.165) is 22.2 Å². The lowest BCUT2D eigenvalue weighted by Crippen LogP contribution is -2.47. The standard InChI is InChI=1S/C13H18N2OS2/c1-3-14-13(2,8-16)9-17-12-15-10-6-4-5-7-11(10)18-12/h4-7,14,16H,3,8-9H2,1-2H3. The Kier molecular flexibility index (Phi) is 4.61. The molecule has 1 unspecified atom stereocenters. The minimum Gasteiger partial charge on any atom is -0.394 e. The van der Waals surface area contributed by atoms with Crippen LogP contribution in [-0.2, 0) is 0 Å². The normalized spacial score (nSPS) is 14.8. The number of fused-ring (bicyclic) bond motifs is 1. The topological polar surface area (TPSA) is 45.1 Å². The second-order valence-corrected chi connectivity index (χ2v) is 6.74. The van der Waals surface area contributed by atoms with E-state index in [4.69, 9.17) is 0 Å². The van der Waals surface area contributed by atoms with Crippen molar-refractivity contribution in [3.05, 3.63) is 24.3 Å².